The number of fused-ring (bicyclic) bond motifs is 2. The summed E-state index contributed by atoms with van der Waals surface area (Å²) in [4.78, 5) is 17.4. The van der Waals surface area contributed by atoms with E-state index in [2.05, 4.69) is 29.2 Å². The van der Waals surface area contributed by atoms with Crippen LogP contribution >= 0.6 is 0 Å². The molecule has 0 bridgehead atoms. The highest BCUT2D eigenvalue weighted by Crippen LogP contribution is 2.52. The van der Waals surface area contributed by atoms with Crippen molar-refractivity contribution < 1.29 is 13.9 Å². The van der Waals surface area contributed by atoms with Crippen molar-refractivity contribution in [1.29, 1.82) is 0 Å². The quantitative estimate of drug-likeness (QED) is 0.744. The van der Waals surface area contributed by atoms with E-state index < -0.39 is 0 Å². The summed E-state index contributed by atoms with van der Waals surface area (Å²) in [6.07, 6.45) is 3.92. The van der Waals surface area contributed by atoms with Gasteiger partial charge in [-0.1, -0.05) is 36.4 Å². The van der Waals surface area contributed by atoms with Crippen molar-refractivity contribution in [1.82, 2.24) is 9.80 Å². The van der Waals surface area contributed by atoms with Crippen LogP contribution in [0.5, 0.6) is 0 Å². The number of amides is 1. The highest BCUT2D eigenvalue weighted by molar-refractivity contribution is 5.77. The Morgan fingerprint density at radius 3 is 2.45 bits per heavy atom. The molecule has 1 aliphatic carbocycles. The highest BCUT2D eigenvalue weighted by Gasteiger charge is 2.45. The molecule has 2 fully saturated rings. The van der Waals surface area contributed by atoms with E-state index in [0.29, 0.717) is 25.6 Å². The number of halogens is 1. The molecule has 4 nitrogen and oxygen atoms in total. The summed E-state index contributed by atoms with van der Waals surface area (Å²) in [5.41, 5.74) is 4.21. The van der Waals surface area contributed by atoms with Crippen LogP contribution in [0.15, 0.2) is 48.5 Å². The van der Waals surface area contributed by atoms with E-state index in [9.17, 15) is 9.18 Å². The van der Waals surface area contributed by atoms with Crippen molar-refractivity contribution in [3.05, 3.63) is 71.0 Å². The highest BCUT2D eigenvalue weighted by atomic mass is 19.1. The maximum absolute atomic E-state index is 13.2. The lowest BCUT2D eigenvalue weighted by Gasteiger charge is -2.40. The number of hydrogen-bond donors (Lipinski definition) is 0. The van der Waals surface area contributed by atoms with E-state index in [-0.39, 0.29) is 17.1 Å². The summed E-state index contributed by atoms with van der Waals surface area (Å²) in [6.45, 7) is 5.69. The number of nitrogens with zero attached hydrogens (tertiary/aromatic N) is 2. The molecule has 3 aliphatic rings. The summed E-state index contributed by atoms with van der Waals surface area (Å²) >= 11 is 0. The zero-order valence-corrected chi connectivity index (χ0v) is 18.1. The first-order valence-electron chi connectivity index (χ1n) is 11.5. The lowest BCUT2D eigenvalue weighted by atomic mass is 9.73. The van der Waals surface area contributed by atoms with Gasteiger partial charge < -0.3 is 9.64 Å². The second-order valence-corrected chi connectivity index (χ2v) is 9.37. The molecule has 1 amide bonds. The van der Waals surface area contributed by atoms with E-state index in [1.165, 1.54) is 11.1 Å². The third-order valence-electron chi connectivity index (χ3n) is 7.53. The van der Waals surface area contributed by atoms with Crippen LogP contribution in [0.2, 0.25) is 0 Å². The monoisotopic (exact) mass is 422 g/mol. The number of ether oxygens (including phenoxy) is 1. The zero-order valence-electron chi connectivity index (χ0n) is 18.1. The van der Waals surface area contributed by atoms with Crippen LogP contribution in [0, 0.1) is 5.82 Å². The Morgan fingerprint density at radius 2 is 1.71 bits per heavy atom. The van der Waals surface area contributed by atoms with Crippen LogP contribution in [-0.4, -0.2) is 55.1 Å². The predicted molar refractivity (Wildman–Crippen MR) is 118 cm³/mol. The Kier molecular flexibility index (Phi) is 5.81. The molecule has 2 saturated heterocycles. The molecule has 0 saturated carbocycles. The Hall–Kier alpha value is -2.24. The van der Waals surface area contributed by atoms with E-state index >= 15 is 0 Å². The fourth-order valence-corrected chi connectivity index (χ4v) is 5.82. The number of morpholine rings is 1. The van der Waals surface area contributed by atoms with Crippen LogP contribution in [0.1, 0.15) is 48.3 Å². The molecular formula is C26H31FN2O2. The summed E-state index contributed by atoms with van der Waals surface area (Å²) in [5.74, 6) is 0.408. The van der Waals surface area contributed by atoms with E-state index in [4.69, 9.17) is 4.74 Å². The minimum Gasteiger partial charge on any atom is -0.378 e. The average Bonchev–Trinajstić information content (AvgIpc) is 3.11. The Morgan fingerprint density at radius 1 is 1.00 bits per heavy atom. The predicted octanol–water partition coefficient (Wildman–Crippen LogP) is 4.10. The van der Waals surface area contributed by atoms with E-state index in [0.717, 1.165) is 57.5 Å². The fourth-order valence-electron chi connectivity index (χ4n) is 5.82. The first-order chi connectivity index (χ1) is 15.1. The summed E-state index contributed by atoms with van der Waals surface area (Å²) < 4.78 is 18.6. The standard InChI is InChI=1S/C26H31FN2O2/c27-22-7-5-20(6-8-22)19-28-11-9-26(10-12-28)18-21(23-3-1-2-4-24(23)26)17-25(30)29-13-15-31-16-14-29/h1-8,21H,9-19H2/t21-/m1/s1. The molecule has 2 heterocycles. The van der Waals surface area contributed by atoms with Crippen LogP contribution in [-0.2, 0) is 21.5 Å². The maximum atomic E-state index is 13.2. The molecular weight excluding hydrogens is 391 g/mol. The number of hydrogen-bond acceptors (Lipinski definition) is 3. The van der Waals surface area contributed by atoms with Gasteiger partial charge in [0.1, 0.15) is 5.82 Å². The number of rotatable bonds is 4. The molecule has 1 spiro atoms. The summed E-state index contributed by atoms with van der Waals surface area (Å²) in [5, 5.41) is 0. The third-order valence-corrected chi connectivity index (χ3v) is 7.53. The Bertz CT molecular complexity index is 915. The molecule has 0 unspecified atom stereocenters. The lowest BCUT2D eigenvalue weighted by molar-refractivity contribution is -0.135. The molecule has 2 aliphatic heterocycles. The van der Waals surface area contributed by atoms with Gasteiger partial charge in [-0.2, -0.15) is 0 Å². The third kappa shape index (κ3) is 4.26. The van der Waals surface area contributed by atoms with Gasteiger partial charge >= 0.3 is 0 Å². The van der Waals surface area contributed by atoms with Crippen molar-refractivity contribution in [2.45, 2.75) is 43.6 Å². The summed E-state index contributed by atoms with van der Waals surface area (Å²) in [7, 11) is 0. The van der Waals surface area contributed by atoms with Gasteiger partial charge in [0.05, 0.1) is 13.2 Å². The molecule has 31 heavy (non-hydrogen) atoms. The molecule has 5 heteroatoms. The number of piperidine rings is 1. The van der Waals surface area contributed by atoms with Gasteiger partial charge in [0.25, 0.3) is 0 Å². The number of likely N-dealkylation sites (tertiary alicyclic amines) is 1. The molecule has 164 valence electrons. The first kappa shape index (κ1) is 20.7. The van der Waals surface area contributed by atoms with Gasteiger partial charge in [0.2, 0.25) is 5.91 Å². The largest absolute Gasteiger partial charge is 0.378 e. The SMILES string of the molecule is O=C(C[C@@H]1CC2(CCN(Cc3ccc(F)cc3)CC2)c2ccccc21)N1CCOCC1. The van der Waals surface area contributed by atoms with Gasteiger partial charge in [-0.3, -0.25) is 9.69 Å². The zero-order chi connectivity index (χ0) is 21.3. The van der Waals surface area contributed by atoms with Crippen LogP contribution in [0.3, 0.4) is 0 Å². The van der Waals surface area contributed by atoms with Crippen molar-refractivity contribution >= 4 is 5.91 Å². The van der Waals surface area contributed by atoms with Crippen LogP contribution in [0.4, 0.5) is 4.39 Å². The molecule has 0 radical (unpaired) electrons. The number of carbonyl (C=O) groups excluding carboxylic acids is 1. The van der Waals surface area contributed by atoms with Gasteiger partial charge in [-0.05, 0) is 72.5 Å². The number of benzene rings is 2. The molecule has 1 atom stereocenters. The van der Waals surface area contributed by atoms with Crippen LogP contribution in [0.25, 0.3) is 0 Å². The van der Waals surface area contributed by atoms with Crippen LogP contribution < -0.4 is 0 Å². The average molecular weight is 423 g/mol. The molecule has 2 aromatic carbocycles. The van der Waals surface area contributed by atoms with Crippen molar-refractivity contribution in [3.63, 3.8) is 0 Å². The number of carbonyl (C=O) groups is 1. The maximum Gasteiger partial charge on any atom is 0.223 e. The fraction of sp³-hybridized carbons (Fsp3) is 0.500. The van der Waals surface area contributed by atoms with Crippen molar-refractivity contribution in [2.24, 2.45) is 0 Å². The first-order valence-corrected chi connectivity index (χ1v) is 11.5. The second kappa shape index (κ2) is 8.71. The van der Waals surface area contributed by atoms with Crippen molar-refractivity contribution in [2.75, 3.05) is 39.4 Å². The molecule has 0 N–H and O–H groups in total. The second-order valence-electron chi connectivity index (χ2n) is 9.37. The minimum absolute atomic E-state index is 0.179. The van der Waals surface area contributed by atoms with E-state index in [1.807, 2.05) is 17.0 Å². The van der Waals surface area contributed by atoms with Gasteiger partial charge in [0, 0.05) is 26.1 Å². The topological polar surface area (TPSA) is 32.8 Å². The van der Waals surface area contributed by atoms with Gasteiger partial charge in [-0.25, -0.2) is 4.39 Å². The Balaban J connectivity index is 1.26. The smallest absolute Gasteiger partial charge is 0.223 e. The Labute approximate surface area is 184 Å². The summed E-state index contributed by atoms with van der Waals surface area (Å²) in [6, 6.07) is 15.7. The molecule has 0 aromatic heterocycles. The molecule has 2 aromatic rings. The molecule has 5 rings (SSSR count). The lowest BCUT2D eigenvalue weighted by Crippen LogP contribution is -2.42. The minimum atomic E-state index is -0.179. The van der Waals surface area contributed by atoms with E-state index in [1.54, 1.807) is 12.1 Å². The van der Waals surface area contributed by atoms with Gasteiger partial charge in [0.15, 0.2) is 0 Å². The van der Waals surface area contributed by atoms with Gasteiger partial charge in [-0.15, -0.1) is 0 Å². The van der Waals surface area contributed by atoms with Crippen molar-refractivity contribution in [3.8, 4) is 0 Å². The normalized spacial score (nSPS) is 23.1.